The molecule has 0 spiro atoms. The van der Waals surface area contributed by atoms with Crippen LogP contribution in [0.2, 0.25) is 0 Å². The first-order valence-electron chi connectivity index (χ1n) is 8.64. The summed E-state index contributed by atoms with van der Waals surface area (Å²) in [7, 11) is 0. The van der Waals surface area contributed by atoms with Crippen LogP contribution >= 0.6 is 11.3 Å². The summed E-state index contributed by atoms with van der Waals surface area (Å²) < 4.78 is 0. The molecule has 1 atom stereocenters. The van der Waals surface area contributed by atoms with E-state index < -0.39 is 0 Å². The first-order chi connectivity index (χ1) is 11.3. The highest BCUT2D eigenvalue weighted by molar-refractivity contribution is 7.09. The smallest absolute Gasteiger partial charge is 0.150 e. The molecule has 0 amide bonds. The average Bonchev–Trinajstić information content (AvgIpc) is 3.11. The van der Waals surface area contributed by atoms with Gasteiger partial charge < -0.3 is 0 Å². The topological polar surface area (TPSA) is 20.3 Å². The van der Waals surface area contributed by atoms with E-state index in [1.807, 2.05) is 23.5 Å². The molecule has 1 aliphatic rings. The largest absolute Gasteiger partial charge is 0.300 e. The lowest BCUT2D eigenvalue weighted by Crippen LogP contribution is -2.41. The molecule has 1 aromatic heterocycles. The first kappa shape index (κ1) is 16.4. The van der Waals surface area contributed by atoms with Crippen LogP contribution in [0.25, 0.3) is 0 Å². The molecule has 1 aromatic carbocycles. The average molecular weight is 327 g/mol. The molecule has 0 radical (unpaired) electrons. The lowest BCUT2D eigenvalue weighted by Gasteiger charge is -2.35. The van der Waals surface area contributed by atoms with Crippen LogP contribution in [0.5, 0.6) is 0 Å². The van der Waals surface area contributed by atoms with Crippen molar-refractivity contribution in [2.45, 2.75) is 45.1 Å². The van der Waals surface area contributed by atoms with Crippen LogP contribution in [0.1, 0.15) is 46.1 Å². The van der Waals surface area contributed by atoms with E-state index in [4.69, 9.17) is 0 Å². The van der Waals surface area contributed by atoms with Crippen molar-refractivity contribution < 1.29 is 4.79 Å². The number of thiophene rings is 1. The van der Waals surface area contributed by atoms with Crippen molar-refractivity contribution in [3.63, 3.8) is 0 Å². The second kappa shape index (κ2) is 7.89. The van der Waals surface area contributed by atoms with Gasteiger partial charge in [-0.2, -0.15) is 0 Å². The molecule has 0 saturated carbocycles. The Bertz CT molecular complexity index is 635. The number of benzene rings is 1. The van der Waals surface area contributed by atoms with Gasteiger partial charge in [0.15, 0.2) is 0 Å². The zero-order valence-corrected chi connectivity index (χ0v) is 14.6. The molecule has 3 rings (SSSR count). The minimum absolute atomic E-state index is 0.615. The third-order valence-corrected chi connectivity index (χ3v) is 5.81. The van der Waals surface area contributed by atoms with Crippen LogP contribution in [0.3, 0.4) is 0 Å². The van der Waals surface area contributed by atoms with E-state index in [0.717, 1.165) is 37.7 Å². The predicted molar refractivity (Wildman–Crippen MR) is 97.5 cm³/mol. The highest BCUT2D eigenvalue weighted by Gasteiger charge is 2.25. The summed E-state index contributed by atoms with van der Waals surface area (Å²) in [6.45, 7) is 4.57. The van der Waals surface area contributed by atoms with Crippen molar-refractivity contribution in [2.75, 3.05) is 13.1 Å². The van der Waals surface area contributed by atoms with Crippen molar-refractivity contribution in [1.29, 1.82) is 0 Å². The van der Waals surface area contributed by atoms with Crippen molar-refractivity contribution in [3.05, 3.63) is 57.3 Å². The third-order valence-electron chi connectivity index (χ3n) is 4.87. The zero-order valence-electron chi connectivity index (χ0n) is 13.8. The van der Waals surface area contributed by atoms with Gasteiger partial charge in [0, 0.05) is 23.0 Å². The van der Waals surface area contributed by atoms with E-state index in [0.29, 0.717) is 6.04 Å². The van der Waals surface area contributed by atoms with Gasteiger partial charge in [0.05, 0.1) is 0 Å². The van der Waals surface area contributed by atoms with Crippen LogP contribution in [0, 0.1) is 0 Å². The highest BCUT2D eigenvalue weighted by atomic mass is 32.1. The maximum atomic E-state index is 11.2. The summed E-state index contributed by atoms with van der Waals surface area (Å²) in [4.78, 5) is 15.4. The number of fused-ring (bicyclic) bond motifs is 1. The normalized spacial score (nSPS) is 17.2. The highest BCUT2D eigenvalue weighted by Crippen LogP contribution is 2.27. The van der Waals surface area contributed by atoms with Crippen molar-refractivity contribution in [1.82, 2.24) is 4.90 Å². The Hall–Kier alpha value is -1.45. The Morgan fingerprint density at radius 3 is 2.91 bits per heavy atom. The summed E-state index contributed by atoms with van der Waals surface area (Å²) in [5.74, 6) is 0. The van der Waals surface area contributed by atoms with Crippen LogP contribution in [-0.4, -0.2) is 30.3 Å². The zero-order chi connectivity index (χ0) is 16.1. The summed E-state index contributed by atoms with van der Waals surface area (Å²) in [5.41, 5.74) is 3.55. The lowest BCUT2D eigenvalue weighted by molar-refractivity contribution is 0.112. The molecule has 0 fully saturated rings. The fourth-order valence-corrected chi connectivity index (χ4v) is 4.41. The SMILES string of the molecule is CCCN(CCc1cccs1)C1CCc2c(C=O)cccc2C1. The summed E-state index contributed by atoms with van der Waals surface area (Å²) in [5, 5.41) is 2.16. The van der Waals surface area contributed by atoms with Crippen molar-refractivity contribution >= 4 is 17.6 Å². The molecule has 23 heavy (non-hydrogen) atoms. The number of hydrogen-bond acceptors (Lipinski definition) is 3. The number of carbonyl (C=O) groups excluding carboxylic acids is 1. The summed E-state index contributed by atoms with van der Waals surface area (Å²) in [6.07, 6.45) is 6.65. The Balaban J connectivity index is 1.69. The maximum Gasteiger partial charge on any atom is 0.150 e. The van der Waals surface area contributed by atoms with Crippen LogP contribution < -0.4 is 0 Å². The molecule has 0 saturated heterocycles. The molecular weight excluding hydrogens is 302 g/mol. The van der Waals surface area contributed by atoms with E-state index >= 15 is 0 Å². The van der Waals surface area contributed by atoms with E-state index in [9.17, 15) is 4.79 Å². The van der Waals surface area contributed by atoms with Gasteiger partial charge in [0.1, 0.15) is 6.29 Å². The van der Waals surface area contributed by atoms with Crippen LogP contribution in [-0.2, 0) is 19.3 Å². The first-order valence-corrected chi connectivity index (χ1v) is 9.52. The molecule has 0 aliphatic heterocycles. The minimum atomic E-state index is 0.615. The maximum absolute atomic E-state index is 11.2. The number of hydrogen-bond donors (Lipinski definition) is 0. The monoisotopic (exact) mass is 327 g/mol. The Morgan fingerprint density at radius 2 is 2.17 bits per heavy atom. The van der Waals surface area contributed by atoms with Crippen molar-refractivity contribution in [2.24, 2.45) is 0 Å². The fraction of sp³-hybridized carbons (Fsp3) is 0.450. The van der Waals surface area contributed by atoms with Gasteiger partial charge in [-0.25, -0.2) is 0 Å². The lowest BCUT2D eigenvalue weighted by atomic mass is 9.85. The van der Waals surface area contributed by atoms with E-state index in [2.05, 4.69) is 35.4 Å². The molecule has 0 bridgehead atoms. The predicted octanol–water partition coefficient (Wildman–Crippen LogP) is 4.37. The quantitative estimate of drug-likeness (QED) is 0.704. The van der Waals surface area contributed by atoms with Gasteiger partial charge in [0.25, 0.3) is 0 Å². The molecule has 3 heteroatoms. The summed E-state index contributed by atoms with van der Waals surface area (Å²) in [6, 6.07) is 11.2. The van der Waals surface area contributed by atoms with E-state index in [1.54, 1.807) is 0 Å². The molecular formula is C20H25NOS. The molecule has 2 nitrogen and oxygen atoms in total. The third kappa shape index (κ3) is 3.91. The van der Waals surface area contributed by atoms with Gasteiger partial charge >= 0.3 is 0 Å². The van der Waals surface area contributed by atoms with Gasteiger partial charge in [-0.15, -0.1) is 11.3 Å². The Labute approximate surface area is 143 Å². The molecule has 0 N–H and O–H groups in total. The standard InChI is InChI=1S/C20H25NOS/c1-2-11-21(12-10-19-7-4-13-23-19)18-8-9-20-16(14-18)5-3-6-17(20)15-22/h3-7,13,15,18H,2,8-12,14H2,1H3. The molecule has 2 aromatic rings. The van der Waals surface area contributed by atoms with Gasteiger partial charge in [-0.3, -0.25) is 9.69 Å². The summed E-state index contributed by atoms with van der Waals surface area (Å²) >= 11 is 1.86. The van der Waals surface area contributed by atoms with Gasteiger partial charge in [-0.1, -0.05) is 31.2 Å². The second-order valence-corrected chi connectivity index (χ2v) is 7.40. The molecule has 122 valence electrons. The number of aldehydes is 1. The number of nitrogens with zero attached hydrogens (tertiary/aromatic N) is 1. The minimum Gasteiger partial charge on any atom is -0.300 e. The Morgan fingerprint density at radius 1 is 1.26 bits per heavy atom. The van der Waals surface area contributed by atoms with Gasteiger partial charge in [-0.05, 0) is 61.2 Å². The fourth-order valence-electron chi connectivity index (χ4n) is 3.71. The molecule has 1 heterocycles. The number of carbonyl (C=O) groups is 1. The molecule has 1 aliphatic carbocycles. The number of rotatable bonds is 7. The van der Waals surface area contributed by atoms with Crippen LogP contribution in [0.15, 0.2) is 35.7 Å². The van der Waals surface area contributed by atoms with E-state index in [-0.39, 0.29) is 0 Å². The Kier molecular flexibility index (Phi) is 5.63. The molecule has 1 unspecified atom stereocenters. The van der Waals surface area contributed by atoms with E-state index in [1.165, 1.54) is 35.4 Å². The van der Waals surface area contributed by atoms with Crippen LogP contribution in [0.4, 0.5) is 0 Å². The van der Waals surface area contributed by atoms with Gasteiger partial charge in [0.2, 0.25) is 0 Å². The van der Waals surface area contributed by atoms with Crippen molar-refractivity contribution in [3.8, 4) is 0 Å². The second-order valence-electron chi connectivity index (χ2n) is 6.36.